The van der Waals surface area contributed by atoms with Crippen LogP contribution in [-0.4, -0.2) is 18.2 Å². The fraction of sp³-hybridized carbons (Fsp3) is 0.273. The summed E-state index contributed by atoms with van der Waals surface area (Å²) in [4.78, 5) is 17.5. The highest BCUT2D eigenvalue weighted by Gasteiger charge is 1.79. The maximum absolute atomic E-state index is 9.50. The van der Waals surface area contributed by atoms with Crippen LogP contribution in [0.1, 0.15) is 13.8 Å². The molecule has 0 aromatic heterocycles. The number of rotatable bonds is 1. The van der Waals surface area contributed by atoms with Crippen molar-refractivity contribution in [1.29, 1.82) is 0 Å². The van der Waals surface area contributed by atoms with Gasteiger partial charge in [0.25, 0.3) is 0 Å². The van der Waals surface area contributed by atoms with Crippen LogP contribution in [-0.2, 0) is 9.59 Å². The molecule has 0 amide bonds. The Kier molecular flexibility index (Phi) is 12.1. The van der Waals surface area contributed by atoms with Crippen LogP contribution >= 0.6 is 0 Å². The van der Waals surface area contributed by atoms with E-state index in [2.05, 4.69) is 0 Å². The van der Waals surface area contributed by atoms with Crippen molar-refractivity contribution in [2.75, 3.05) is 0 Å². The third-order valence-electron chi connectivity index (χ3n) is 1.03. The molecule has 0 heterocycles. The van der Waals surface area contributed by atoms with E-state index < -0.39 is 0 Å². The van der Waals surface area contributed by atoms with Crippen LogP contribution in [0.25, 0.3) is 0 Å². The Bertz CT molecular complexity index is 219. The molecule has 0 radical (unpaired) electrons. The van der Waals surface area contributed by atoms with E-state index in [9.17, 15) is 4.79 Å². The van der Waals surface area contributed by atoms with Crippen LogP contribution in [0.5, 0.6) is 5.75 Å². The molecule has 0 atom stereocenters. The van der Waals surface area contributed by atoms with Crippen molar-refractivity contribution in [2.24, 2.45) is 5.92 Å². The minimum absolute atomic E-state index is 0.204. The summed E-state index contributed by atoms with van der Waals surface area (Å²) in [7, 11) is 0. The third-order valence-corrected chi connectivity index (χ3v) is 1.03. The molecule has 1 N–H and O–H groups in total. The second kappa shape index (κ2) is 11.4. The number of carbonyl (C=O) groups is 2. The van der Waals surface area contributed by atoms with Crippen molar-refractivity contribution in [2.45, 2.75) is 13.8 Å². The molecule has 1 aromatic carbocycles. The van der Waals surface area contributed by atoms with E-state index in [0.29, 0.717) is 5.75 Å². The lowest BCUT2D eigenvalue weighted by Gasteiger charge is -1.82. The van der Waals surface area contributed by atoms with E-state index in [1.807, 2.05) is 26.7 Å². The highest BCUT2D eigenvalue weighted by molar-refractivity contribution is 5.51. The van der Waals surface area contributed by atoms with Gasteiger partial charge in [-0.05, 0) is 12.1 Å². The second-order valence-corrected chi connectivity index (χ2v) is 2.72. The first-order chi connectivity index (χ1) is 6.66. The molecule has 0 bridgehead atoms. The largest absolute Gasteiger partial charge is 0.508 e. The fourth-order valence-corrected chi connectivity index (χ4v) is 0.428. The third kappa shape index (κ3) is 13.0. The zero-order valence-corrected chi connectivity index (χ0v) is 8.51. The molecule has 3 heteroatoms. The number of phenolic OH excluding ortho intramolecular Hbond substituents is 1. The first-order valence-corrected chi connectivity index (χ1v) is 4.15. The summed E-state index contributed by atoms with van der Waals surface area (Å²) >= 11 is 0. The molecule has 0 spiro atoms. The smallest absolute Gasteiger partial charge is 0.122 e. The van der Waals surface area contributed by atoms with Crippen molar-refractivity contribution in [1.82, 2.24) is 0 Å². The van der Waals surface area contributed by atoms with Crippen LogP contribution in [0, 0.1) is 5.92 Å². The van der Waals surface area contributed by atoms with Gasteiger partial charge in [-0.15, -0.1) is 0 Å². The monoisotopic (exact) mass is 196 g/mol. The lowest BCUT2D eigenvalue weighted by Crippen LogP contribution is -1.82. The molecule has 0 unspecified atom stereocenters. The molecule has 0 aliphatic rings. The molecule has 1 aromatic rings. The molecule has 0 saturated heterocycles. The van der Waals surface area contributed by atoms with Gasteiger partial charge in [-0.25, -0.2) is 0 Å². The molecule has 1 rings (SSSR count). The second-order valence-electron chi connectivity index (χ2n) is 2.72. The molecule has 0 aliphatic heterocycles. The Morgan fingerprint density at radius 3 is 1.71 bits per heavy atom. The molecular formula is C11H16O3. The lowest BCUT2D eigenvalue weighted by atomic mass is 10.3. The van der Waals surface area contributed by atoms with Gasteiger partial charge in [0.1, 0.15) is 18.8 Å². The molecule has 0 fully saturated rings. The maximum atomic E-state index is 9.50. The topological polar surface area (TPSA) is 54.4 Å². The Balaban J connectivity index is 0. The van der Waals surface area contributed by atoms with Gasteiger partial charge in [0.05, 0.1) is 0 Å². The molecule has 78 valence electrons. The Labute approximate surface area is 84.4 Å². The van der Waals surface area contributed by atoms with Gasteiger partial charge in [-0.2, -0.15) is 0 Å². The van der Waals surface area contributed by atoms with Gasteiger partial charge in [0, 0.05) is 5.92 Å². The van der Waals surface area contributed by atoms with E-state index in [-0.39, 0.29) is 5.92 Å². The van der Waals surface area contributed by atoms with Crippen LogP contribution in [0.15, 0.2) is 30.3 Å². The Morgan fingerprint density at radius 2 is 1.57 bits per heavy atom. The minimum Gasteiger partial charge on any atom is -0.508 e. The fourth-order valence-electron chi connectivity index (χ4n) is 0.428. The van der Waals surface area contributed by atoms with Gasteiger partial charge < -0.3 is 14.7 Å². The Morgan fingerprint density at radius 1 is 1.21 bits per heavy atom. The van der Waals surface area contributed by atoms with E-state index >= 15 is 0 Å². The molecular weight excluding hydrogens is 180 g/mol. The van der Waals surface area contributed by atoms with Crippen LogP contribution < -0.4 is 0 Å². The SMILES string of the molecule is C=O.CC(C)C=O.Oc1ccccc1. The van der Waals surface area contributed by atoms with Gasteiger partial charge in [-0.1, -0.05) is 32.0 Å². The van der Waals surface area contributed by atoms with E-state index in [0.717, 1.165) is 6.29 Å². The zero-order valence-electron chi connectivity index (χ0n) is 8.51. The summed E-state index contributed by atoms with van der Waals surface area (Å²) in [5, 5.41) is 8.63. The van der Waals surface area contributed by atoms with Gasteiger partial charge >= 0.3 is 0 Å². The summed E-state index contributed by atoms with van der Waals surface area (Å²) in [6, 6.07) is 8.71. The van der Waals surface area contributed by atoms with Crippen molar-refractivity contribution >= 4 is 13.1 Å². The van der Waals surface area contributed by atoms with Crippen molar-refractivity contribution < 1.29 is 14.7 Å². The highest BCUT2D eigenvalue weighted by atomic mass is 16.3. The van der Waals surface area contributed by atoms with E-state index in [1.54, 1.807) is 24.3 Å². The molecule has 14 heavy (non-hydrogen) atoms. The number of para-hydroxylation sites is 1. The average Bonchev–Trinajstić information content (AvgIpc) is 2.23. The van der Waals surface area contributed by atoms with Gasteiger partial charge in [0.15, 0.2) is 0 Å². The highest BCUT2D eigenvalue weighted by Crippen LogP contribution is 2.02. The Hall–Kier alpha value is -1.64. The summed E-state index contributed by atoms with van der Waals surface area (Å²) in [6.07, 6.45) is 0.917. The number of carbonyl (C=O) groups excluding carboxylic acids is 2. The predicted molar refractivity (Wildman–Crippen MR) is 56.1 cm³/mol. The molecule has 3 nitrogen and oxygen atoms in total. The normalized spacial score (nSPS) is 7.64. The van der Waals surface area contributed by atoms with Gasteiger partial charge in [-0.3, -0.25) is 0 Å². The minimum atomic E-state index is 0.204. The van der Waals surface area contributed by atoms with Crippen molar-refractivity contribution in [3.05, 3.63) is 30.3 Å². The molecule has 0 aliphatic carbocycles. The van der Waals surface area contributed by atoms with Crippen LogP contribution in [0.4, 0.5) is 0 Å². The predicted octanol–water partition coefficient (Wildman–Crippen LogP) is 2.05. The number of phenols is 1. The lowest BCUT2D eigenvalue weighted by molar-refractivity contribution is -0.110. The van der Waals surface area contributed by atoms with Crippen LogP contribution in [0.2, 0.25) is 0 Å². The first kappa shape index (κ1) is 14.9. The average molecular weight is 196 g/mol. The number of aromatic hydroxyl groups is 1. The van der Waals surface area contributed by atoms with Crippen molar-refractivity contribution in [3.8, 4) is 5.75 Å². The standard InChI is InChI=1S/C6H6O.C4H8O.CH2O/c7-6-4-2-1-3-5-6;1-4(2)3-5;1-2/h1-5,7H;3-4H,1-2H3;1H2. The number of hydrogen-bond acceptors (Lipinski definition) is 3. The maximum Gasteiger partial charge on any atom is 0.122 e. The summed E-state index contributed by atoms with van der Waals surface area (Å²) in [5.74, 6) is 0.525. The number of benzene rings is 1. The zero-order chi connectivity index (χ0) is 11.4. The summed E-state index contributed by atoms with van der Waals surface area (Å²) in [5.41, 5.74) is 0. The number of aldehydes is 1. The number of hydrogen-bond donors (Lipinski definition) is 1. The van der Waals surface area contributed by atoms with Crippen LogP contribution in [0.3, 0.4) is 0 Å². The molecule has 0 saturated carbocycles. The van der Waals surface area contributed by atoms with Crippen molar-refractivity contribution in [3.63, 3.8) is 0 Å². The summed E-state index contributed by atoms with van der Waals surface area (Å²) in [6.45, 7) is 5.71. The van der Waals surface area contributed by atoms with E-state index in [4.69, 9.17) is 9.90 Å². The quantitative estimate of drug-likeness (QED) is 0.699. The first-order valence-electron chi connectivity index (χ1n) is 4.15. The van der Waals surface area contributed by atoms with E-state index in [1.165, 1.54) is 0 Å². The summed E-state index contributed by atoms with van der Waals surface area (Å²) < 4.78 is 0. The van der Waals surface area contributed by atoms with Gasteiger partial charge in [0.2, 0.25) is 0 Å².